The zero-order chi connectivity index (χ0) is 14.0. The normalized spacial score (nSPS) is 25.4. The molecule has 2 rings (SSSR count). The lowest BCUT2D eigenvalue weighted by molar-refractivity contribution is 0.204. The lowest BCUT2D eigenvalue weighted by Crippen LogP contribution is -2.47. The first kappa shape index (κ1) is 14.3. The van der Waals surface area contributed by atoms with Crippen LogP contribution in [0.5, 0.6) is 0 Å². The zero-order valence-corrected chi connectivity index (χ0v) is 12.4. The van der Waals surface area contributed by atoms with E-state index in [0.717, 1.165) is 19.3 Å². The van der Waals surface area contributed by atoms with Crippen LogP contribution in [0.4, 0.5) is 5.69 Å². The van der Waals surface area contributed by atoms with Crippen molar-refractivity contribution >= 4 is 15.7 Å². The van der Waals surface area contributed by atoms with Crippen molar-refractivity contribution in [2.75, 3.05) is 5.73 Å². The van der Waals surface area contributed by atoms with Crippen molar-refractivity contribution in [3.8, 4) is 0 Å². The van der Waals surface area contributed by atoms with Gasteiger partial charge in [0.2, 0.25) is 10.0 Å². The van der Waals surface area contributed by atoms with E-state index >= 15 is 0 Å². The number of hydrogen-bond acceptors (Lipinski definition) is 3. The van der Waals surface area contributed by atoms with Crippen molar-refractivity contribution < 1.29 is 8.42 Å². The van der Waals surface area contributed by atoms with Crippen LogP contribution in [0.3, 0.4) is 0 Å². The lowest BCUT2D eigenvalue weighted by atomic mass is 10.0. The third kappa shape index (κ3) is 3.09. The Morgan fingerprint density at radius 2 is 1.79 bits per heavy atom. The van der Waals surface area contributed by atoms with E-state index in [1.165, 1.54) is 0 Å². The van der Waals surface area contributed by atoms with Crippen LogP contribution in [0.2, 0.25) is 0 Å². The monoisotopic (exact) mass is 282 g/mol. The fourth-order valence-corrected chi connectivity index (χ4v) is 5.00. The number of hydrogen-bond donors (Lipinski definition) is 1. The van der Waals surface area contributed by atoms with Gasteiger partial charge in [0, 0.05) is 17.8 Å². The number of para-hydroxylation sites is 1. The standard InChI is InChI=1S/C14H22N2O2S/c1-11-6-5-7-12(2)16(11)19(17,18)10-13-8-3-4-9-14(13)15/h3-4,8-9,11-12H,5-7,10,15H2,1-2H3. The van der Waals surface area contributed by atoms with Crippen molar-refractivity contribution in [1.29, 1.82) is 0 Å². The Morgan fingerprint density at radius 1 is 1.21 bits per heavy atom. The minimum absolute atomic E-state index is 0.00560. The summed E-state index contributed by atoms with van der Waals surface area (Å²) in [7, 11) is -3.30. The third-order valence-electron chi connectivity index (χ3n) is 3.83. The molecule has 106 valence electrons. The molecule has 0 bridgehead atoms. The lowest BCUT2D eigenvalue weighted by Gasteiger charge is -2.37. The van der Waals surface area contributed by atoms with Crippen LogP contribution in [0, 0.1) is 0 Å². The third-order valence-corrected chi connectivity index (χ3v) is 5.86. The van der Waals surface area contributed by atoms with Gasteiger partial charge in [0.25, 0.3) is 0 Å². The van der Waals surface area contributed by atoms with E-state index in [4.69, 9.17) is 5.73 Å². The summed E-state index contributed by atoms with van der Waals surface area (Å²) in [4.78, 5) is 0. The van der Waals surface area contributed by atoms with Gasteiger partial charge in [-0.05, 0) is 38.3 Å². The maximum atomic E-state index is 12.6. The molecular weight excluding hydrogens is 260 g/mol. The molecule has 19 heavy (non-hydrogen) atoms. The largest absolute Gasteiger partial charge is 0.398 e. The molecule has 0 aromatic heterocycles. The summed E-state index contributed by atoms with van der Waals surface area (Å²) >= 11 is 0. The predicted molar refractivity (Wildman–Crippen MR) is 78.1 cm³/mol. The highest BCUT2D eigenvalue weighted by atomic mass is 32.2. The van der Waals surface area contributed by atoms with E-state index in [1.807, 2.05) is 26.0 Å². The van der Waals surface area contributed by atoms with Gasteiger partial charge in [-0.15, -0.1) is 0 Å². The molecule has 1 heterocycles. The van der Waals surface area contributed by atoms with Crippen molar-refractivity contribution in [3.63, 3.8) is 0 Å². The SMILES string of the molecule is CC1CCCC(C)N1S(=O)(=O)Cc1ccccc1N. The molecule has 2 N–H and O–H groups in total. The van der Waals surface area contributed by atoms with Gasteiger partial charge in [0.05, 0.1) is 5.75 Å². The van der Waals surface area contributed by atoms with Crippen molar-refractivity contribution in [2.45, 2.75) is 50.9 Å². The fourth-order valence-electron chi connectivity index (χ4n) is 2.88. The molecule has 0 saturated carbocycles. The van der Waals surface area contributed by atoms with E-state index in [1.54, 1.807) is 16.4 Å². The highest BCUT2D eigenvalue weighted by Crippen LogP contribution is 2.28. The predicted octanol–water partition coefficient (Wildman–Crippen LogP) is 2.36. The van der Waals surface area contributed by atoms with Gasteiger partial charge >= 0.3 is 0 Å². The second kappa shape index (κ2) is 5.51. The first-order valence-electron chi connectivity index (χ1n) is 6.76. The van der Waals surface area contributed by atoms with Gasteiger partial charge in [-0.25, -0.2) is 8.42 Å². The van der Waals surface area contributed by atoms with Crippen LogP contribution in [0.15, 0.2) is 24.3 Å². The van der Waals surface area contributed by atoms with Crippen LogP contribution in [0.25, 0.3) is 0 Å². The van der Waals surface area contributed by atoms with Crippen LogP contribution in [-0.2, 0) is 15.8 Å². The molecule has 1 aromatic rings. The Balaban J connectivity index is 2.25. The summed E-state index contributed by atoms with van der Waals surface area (Å²) in [5, 5.41) is 0. The van der Waals surface area contributed by atoms with Gasteiger partial charge in [-0.2, -0.15) is 4.31 Å². The van der Waals surface area contributed by atoms with Crippen molar-refractivity contribution in [2.24, 2.45) is 0 Å². The molecule has 0 amide bonds. The maximum absolute atomic E-state index is 12.6. The Bertz CT molecular complexity index is 532. The van der Waals surface area contributed by atoms with Crippen molar-refractivity contribution in [3.05, 3.63) is 29.8 Å². The summed E-state index contributed by atoms with van der Waals surface area (Å²) in [6.45, 7) is 3.98. The van der Waals surface area contributed by atoms with Gasteiger partial charge in [0.15, 0.2) is 0 Å². The molecule has 5 heteroatoms. The van der Waals surface area contributed by atoms with E-state index in [-0.39, 0.29) is 17.8 Å². The minimum Gasteiger partial charge on any atom is -0.398 e. The van der Waals surface area contributed by atoms with E-state index < -0.39 is 10.0 Å². The van der Waals surface area contributed by atoms with Gasteiger partial charge in [-0.1, -0.05) is 24.6 Å². The number of anilines is 1. The average Bonchev–Trinajstić information content (AvgIpc) is 2.31. The number of rotatable bonds is 3. The first-order chi connectivity index (χ1) is 8.92. The van der Waals surface area contributed by atoms with E-state index in [2.05, 4.69) is 0 Å². The molecule has 1 fully saturated rings. The maximum Gasteiger partial charge on any atom is 0.218 e. The molecule has 1 aliphatic heterocycles. The second-order valence-electron chi connectivity index (χ2n) is 5.41. The van der Waals surface area contributed by atoms with Gasteiger partial charge in [0.1, 0.15) is 0 Å². The Morgan fingerprint density at radius 3 is 2.37 bits per heavy atom. The molecule has 2 unspecified atom stereocenters. The summed E-state index contributed by atoms with van der Waals surface area (Å²) < 4.78 is 26.9. The number of sulfonamides is 1. The molecule has 0 aliphatic carbocycles. The van der Waals surface area contributed by atoms with Gasteiger partial charge < -0.3 is 5.73 Å². The first-order valence-corrected chi connectivity index (χ1v) is 8.37. The molecule has 1 aliphatic rings. The van der Waals surface area contributed by atoms with Crippen molar-refractivity contribution in [1.82, 2.24) is 4.31 Å². The number of piperidine rings is 1. The van der Waals surface area contributed by atoms with Crippen LogP contribution >= 0.6 is 0 Å². The van der Waals surface area contributed by atoms with Crippen LogP contribution in [0.1, 0.15) is 38.7 Å². The average molecular weight is 282 g/mol. The molecule has 1 saturated heterocycles. The highest BCUT2D eigenvalue weighted by molar-refractivity contribution is 7.88. The fraction of sp³-hybridized carbons (Fsp3) is 0.571. The van der Waals surface area contributed by atoms with Crippen LogP contribution in [-0.4, -0.2) is 24.8 Å². The zero-order valence-electron chi connectivity index (χ0n) is 11.5. The van der Waals surface area contributed by atoms with E-state index in [0.29, 0.717) is 11.3 Å². The Hall–Kier alpha value is -1.07. The smallest absolute Gasteiger partial charge is 0.218 e. The molecule has 0 spiro atoms. The minimum atomic E-state index is -3.30. The molecule has 0 radical (unpaired) electrons. The molecular formula is C14H22N2O2S. The number of nitrogens with two attached hydrogens (primary N) is 1. The highest BCUT2D eigenvalue weighted by Gasteiger charge is 2.34. The Labute approximate surface area is 115 Å². The summed E-state index contributed by atoms with van der Waals surface area (Å²) in [5.74, 6) is -0.00560. The molecule has 1 aromatic carbocycles. The van der Waals surface area contributed by atoms with Crippen LogP contribution < -0.4 is 5.73 Å². The quantitative estimate of drug-likeness (QED) is 0.866. The summed E-state index contributed by atoms with van der Waals surface area (Å²) in [5.41, 5.74) is 7.08. The summed E-state index contributed by atoms with van der Waals surface area (Å²) in [6, 6.07) is 7.33. The van der Waals surface area contributed by atoms with E-state index in [9.17, 15) is 8.42 Å². The summed E-state index contributed by atoms with van der Waals surface area (Å²) in [6.07, 6.45) is 2.98. The number of nitrogens with zero attached hydrogens (tertiary/aromatic N) is 1. The topological polar surface area (TPSA) is 63.4 Å². The molecule has 2 atom stereocenters. The number of benzene rings is 1. The number of nitrogen functional groups attached to an aromatic ring is 1. The molecule has 4 nitrogen and oxygen atoms in total. The second-order valence-corrected chi connectivity index (χ2v) is 7.29. The van der Waals surface area contributed by atoms with Gasteiger partial charge in [-0.3, -0.25) is 0 Å². The Kier molecular flexibility index (Phi) is 4.16.